The molecule has 1 atom stereocenters. The molecule has 0 spiro atoms. The summed E-state index contributed by atoms with van der Waals surface area (Å²) in [4.78, 5) is 15.6. The summed E-state index contributed by atoms with van der Waals surface area (Å²) < 4.78 is 40.3. The van der Waals surface area contributed by atoms with Gasteiger partial charge in [-0.25, -0.2) is 0 Å². The molecule has 3 rings (SSSR count). The van der Waals surface area contributed by atoms with E-state index >= 15 is 0 Å². The first-order valence-electron chi connectivity index (χ1n) is 11.0. The van der Waals surface area contributed by atoms with Gasteiger partial charge in [0.2, 0.25) is 0 Å². The fourth-order valence-corrected chi connectivity index (χ4v) is 4.81. The lowest BCUT2D eigenvalue weighted by molar-refractivity contribution is -0.137. The third-order valence-corrected chi connectivity index (χ3v) is 6.80. The van der Waals surface area contributed by atoms with Crippen molar-refractivity contribution in [1.82, 2.24) is 10.3 Å². The first-order chi connectivity index (χ1) is 16.6. The quantitative estimate of drug-likeness (QED) is 0.180. The largest absolute Gasteiger partial charge is 0.507 e. The summed E-state index contributed by atoms with van der Waals surface area (Å²) in [6, 6.07) is 7.11. The van der Waals surface area contributed by atoms with Gasteiger partial charge in [-0.15, -0.1) is 11.8 Å². The Morgan fingerprint density at radius 2 is 1.89 bits per heavy atom. The minimum absolute atomic E-state index is 0.0661. The topological polar surface area (TPSA) is 106 Å². The summed E-state index contributed by atoms with van der Waals surface area (Å²) in [6.07, 6.45) is -3.04. The Morgan fingerprint density at radius 1 is 1.11 bits per heavy atom. The van der Waals surface area contributed by atoms with Crippen LogP contribution in [0.15, 0.2) is 46.1 Å². The minimum atomic E-state index is -4.61. The molecule has 3 aromatic rings. The molecule has 0 bridgehead atoms. The van der Waals surface area contributed by atoms with E-state index in [1.54, 1.807) is 0 Å². The Labute approximate surface area is 209 Å². The molecule has 0 saturated heterocycles. The van der Waals surface area contributed by atoms with Crippen molar-refractivity contribution in [1.29, 1.82) is 0 Å². The van der Waals surface area contributed by atoms with Crippen LogP contribution < -0.4 is 10.9 Å². The third kappa shape index (κ3) is 7.14. The number of aliphatic hydroxyl groups is 2. The van der Waals surface area contributed by atoms with Gasteiger partial charge in [0, 0.05) is 46.0 Å². The van der Waals surface area contributed by atoms with Crippen molar-refractivity contribution in [3.63, 3.8) is 0 Å². The molecule has 0 saturated carbocycles. The Hall–Kier alpha value is -2.24. The summed E-state index contributed by atoms with van der Waals surface area (Å²) in [5.41, 5.74) is -1.05. The van der Waals surface area contributed by atoms with Gasteiger partial charge in [-0.1, -0.05) is 11.6 Å². The molecular formula is C24H26ClF3N2O4S. The Balaban J connectivity index is 1.97. The SMILES string of the molecule is O=c1[nH]c2ccc(C(F)(F)F)cc2c(-c2cc(Cl)ccc2O)c1SCC(O)CNCCCCCO. The van der Waals surface area contributed by atoms with Gasteiger partial charge < -0.3 is 25.6 Å². The number of aromatic nitrogens is 1. The van der Waals surface area contributed by atoms with Crippen molar-refractivity contribution < 1.29 is 28.5 Å². The number of thioether (sulfide) groups is 1. The van der Waals surface area contributed by atoms with Crippen LogP contribution in [0.3, 0.4) is 0 Å². The number of benzene rings is 2. The molecule has 0 amide bonds. The number of phenols is 1. The van der Waals surface area contributed by atoms with Crippen molar-refractivity contribution in [3.8, 4) is 16.9 Å². The third-order valence-electron chi connectivity index (χ3n) is 5.34. The molecule has 2 aromatic carbocycles. The predicted molar refractivity (Wildman–Crippen MR) is 132 cm³/mol. The number of pyridine rings is 1. The van der Waals surface area contributed by atoms with Crippen molar-refractivity contribution in [3.05, 3.63) is 57.3 Å². The molecule has 35 heavy (non-hydrogen) atoms. The van der Waals surface area contributed by atoms with E-state index in [2.05, 4.69) is 10.3 Å². The lowest BCUT2D eigenvalue weighted by atomic mass is 9.98. The minimum Gasteiger partial charge on any atom is -0.507 e. The number of rotatable bonds is 11. The second kappa shape index (κ2) is 12.1. The number of fused-ring (bicyclic) bond motifs is 1. The van der Waals surface area contributed by atoms with Crippen molar-refractivity contribution in [2.45, 2.75) is 36.4 Å². The number of halogens is 4. The van der Waals surface area contributed by atoms with Crippen LogP contribution in [-0.2, 0) is 6.18 Å². The fourth-order valence-electron chi connectivity index (χ4n) is 3.61. The number of H-pyrrole nitrogens is 1. The molecule has 190 valence electrons. The van der Waals surface area contributed by atoms with Gasteiger partial charge in [0.15, 0.2) is 0 Å². The van der Waals surface area contributed by atoms with Crippen LogP contribution in [0.4, 0.5) is 13.2 Å². The molecule has 0 aliphatic heterocycles. The van der Waals surface area contributed by atoms with Gasteiger partial charge in [0.05, 0.1) is 16.6 Å². The number of phenolic OH excluding ortho intramolecular Hbond substituents is 1. The van der Waals surface area contributed by atoms with Crippen LogP contribution in [-0.4, -0.2) is 51.9 Å². The van der Waals surface area contributed by atoms with Crippen LogP contribution in [0.2, 0.25) is 5.02 Å². The summed E-state index contributed by atoms with van der Waals surface area (Å²) in [7, 11) is 0. The molecule has 11 heteroatoms. The van der Waals surface area contributed by atoms with Gasteiger partial charge in [-0.2, -0.15) is 13.2 Å². The van der Waals surface area contributed by atoms with Gasteiger partial charge in [-0.05, 0) is 62.2 Å². The molecule has 5 N–H and O–H groups in total. The lowest BCUT2D eigenvalue weighted by Gasteiger charge is -2.17. The van der Waals surface area contributed by atoms with Crippen molar-refractivity contribution in [2.75, 3.05) is 25.4 Å². The maximum Gasteiger partial charge on any atom is 0.416 e. The highest BCUT2D eigenvalue weighted by molar-refractivity contribution is 7.99. The zero-order valence-corrected chi connectivity index (χ0v) is 20.2. The highest BCUT2D eigenvalue weighted by Crippen LogP contribution is 2.42. The molecule has 0 radical (unpaired) electrons. The Bertz CT molecular complexity index is 1220. The number of nitrogens with one attached hydrogen (secondary N) is 2. The lowest BCUT2D eigenvalue weighted by Crippen LogP contribution is -2.29. The van der Waals surface area contributed by atoms with Gasteiger partial charge >= 0.3 is 6.18 Å². The van der Waals surface area contributed by atoms with E-state index in [0.717, 1.165) is 36.7 Å². The standard InChI is InChI=1S/C24H26ClF3N2O4S/c25-15-5-7-20(33)18(11-15)21-17-10-14(24(26,27)28)4-6-19(17)30-23(34)22(21)35-13-16(32)12-29-8-2-1-3-9-31/h4-7,10-11,16,29,31-33H,1-3,8-9,12-13H2,(H,30,34). The number of alkyl halides is 3. The van der Waals surface area contributed by atoms with Gasteiger partial charge in [0.1, 0.15) is 5.75 Å². The summed E-state index contributed by atoms with van der Waals surface area (Å²) >= 11 is 7.09. The Kier molecular flexibility index (Phi) is 9.48. The summed E-state index contributed by atoms with van der Waals surface area (Å²) in [5, 5.41) is 33.1. The van der Waals surface area contributed by atoms with E-state index in [1.807, 2.05) is 0 Å². The summed E-state index contributed by atoms with van der Waals surface area (Å²) in [6.45, 7) is 1.04. The normalized spacial score (nSPS) is 12.9. The van der Waals surface area contributed by atoms with E-state index in [9.17, 15) is 28.2 Å². The van der Waals surface area contributed by atoms with E-state index in [-0.39, 0.29) is 56.6 Å². The summed E-state index contributed by atoms with van der Waals surface area (Å²) in [5.74, 6) is -0.156. The van der Waals surface area contributed by atoms with E-state index < -0.39 is 23.4 Å². The van der Waals surface area contributed by atoms with Gasteiger partial charge in [0.25, 0.3) is 5.56 Å². The number of hydrogen-bond acceptors (Lipinski definition) is 6. The zero-order chi connectivity index (χ0) is 25.6. The van der Waals surface area contributed by atoms with Crippen LogP contribution in [0, 0.1) is 0 Å². The average molecular weight is 531 g/mol. The van der Waals surface area contributed by atoms with Crippen LogP contribution >= 0.6 is 23.4 Å². The smallest absolute Gasteiger partial charge is 0.416 e. The molecule has 1 unspecified atom stereocenters. The number of hydrogen-bond donors (Lipinski definition) is 5. The second-order valence-electron chi connectivity index (χ2n) is 8.03. The van der Waals surface area contributed by atoms with E-state index in [1.165, 1.54) is 24.3 Å². The molecule has 6 nitrogen and oxygen atoms in total. The zero-order valence-electron chi connectivity index (χ0n) is 18.7. The van der Waals surface area contributed by atoms with Crippen LogP contribution in [0.25, 0.3) is 22.0 Å². The average Bonchev–Trinajstić information content (AvgIpc) is 2.80. The van der Waals surface area contributed by atoms with Crippen LogP contribution in [0.5, 0.6) is 5.75 Å². The maximum absolute atomic E-state index is 13.4. The molecule has 0 aliphatic carbocycles. The van der Waals surface area contributed by atoms with E-state index in [0.29, 0.717) is 13.0 Å². The molecular weight excluding hydrogens is 505 g/mol. The molecule has 1 aromatic heterocycles. The number of unbranched alkanes of at least 4 members (excludes halogenated alkanes) is 2. The molecule has 1 heterocycles. The maximum atomic E-state index is 13.4. The predicted octanol–water partition coefficient (Wildman–Crippen LogP) is 4.78. The van der Waals surface area contributed by atoms with Crippen LogP contribution in [0.1, 0.15) is 24.8 Å². The monoisotopic (exact) mass is 530 g/mol. The van der Waals surface area contributed by atoms with Crippen molar-refractivity contribution >= 4 is 34.3 Å². The number of aromatic hydroxyl groups is 1. The second-order valence-corrected chi connectivity index (χ2v) is 9.50. The fraction of sp³-hybridized carbons (Fsp3) is 0.375. The number of aromatic amines is 1. The van der Waals surface area contributed by atoms with E-state index in [4.69, 9.17) is 16.7 Å². The Morgan fingerprint density at radius 3 is 2.60 bits per heavy atom. The highest BCUT2D eigenvalue weighted by atomic mass is 35.5. The van der Waals surface area contributed by atoms with Crippen molar-refractivity contribution in [2.24, 2.45) is 0 Å². The first-order valence-corrected chi connectivity index (χ1v) is 12.4. The number of aliphatic hydroxyl groups excluding tert-OH is 2. The molecule has 0 fully saturated rings. The first kappa shape index (κ1) is 27.3. The molecule has 0 aliphatic rings. The van der Waals surface area contributed by atoms with Gasteiger partial charge in [-0.3, -0.25) is 4.79 Å². The highest BCUT2D eigenvalue weighted by Gasteiger charge is 2.31.